The molecule has 0 spiro atoms. The predicted molar refractivity (Wildman–Crippen MR) is 120 cm³/mol. The van der Waals surface area contributed by atoms with Crippen molar-refractivity contribution in [2.45, 2.75) is 24.7 Å². The second-order valence-corrected chi connectivity index (χ2v) is 9.08. The van der Waals surface area contributed by atoms with Gasteiger partial charge in [0.15, 0.2) is 0 Å². The first-order chi connectivity index (χ1) is 14.9. The average Bonchev–Trinajstić information content (AvgIpc) is 2.77. The Labute approximate surface area is 182 Å². The Bertz CT molecular complexity index is 1120. The van der Waals surface area contributed by atoms with E-state index >= 15 is 0 Å². The van der Waals surface area contributed by atoms with E-state index in [0.29, 0.717) is 13.0 Å². The number of nitrogens with one attached hydrogen (secondary N) is 1. The second-order valence-electron chi connectivity index (χ2n) is 7.22. The van der Waals surface area contributed by atoms with E-state index in [2.05, 4.69) is 5.32 Å². The number of anilines is 1. The number of para-hydroxylation sites is 1. The van der Waals surface area contributed by atoms with Crippen molar-refractivity contribution in [2.75, 3.05) is 17.4 Å². The van der Waals surface area contributed by atoms with Gasteiger partial charge in [-0.05, 0) is 49.6 Å². The highest BCUT2D eigenvalue weighted by Crippen LogP contribution is 2.26. The molecule has 0 radical (unpaired) electrons. The minimum absolute atomic E-state index is 0.00164. The minimum Gasteiger partial charge on any atom is -0.355 e. The lowest BCUT2D eigenvalue weighted by molar-refractivity contribution is -0.119. The van der Waals surface area contributed by atoms with Crippen molar-refractivity contribution in [1.82, 2.24) is 5.32 Å². The predicted octanol–water partition coefficient (Wildman–Crippen LogP) is 4.08. The van der Waals surface area contributed by atoms with Crippen LogP contribution >= 0.6 is 0 Å². The zero-order chi connectivity index (χ0) is 22.3. The molecule has 0 bridgehead atoms. The molecule has 0 saturated heterocycles. The van der Waals surface area contributed by atoms with Gasteiger partial charge in [-0.2, -0.15) is 0 Å². The summed E-state index contributed by atoms with van der Waals surface area (Å²) in [5, 5.41) is 2.74. The molecule has 0 unspecified atom stereocenters. The number of amides is 1. The summed E-state index contributed by atoms with van der Waals surface area (Å²) in [6.45, 7) is 1.72. The van der Waals surface area contributed by atoms with Crippen LogP contribution in [0, 0.1) is 12.7 Å². The van der Waals surface area contributed by atoms with Gasteiger partial charge in [-0.3, -0.25) is 9.10 Å². The van der Waals surface area contributed by atoms with Crippen LogP contribution in [0.2, 0.25) is 0 Å². The van der Waals surface area contributed by atoms with Gasteiger partial charge < -0.3 is 5.32 Å². The number of rotatable bonds is 9. The Morgan fingerprint density at radius 3 is 2.26 bits per heavy atom. The van der Waals surface area contributed by atoms with Crippen LogP contribution in [0.3, 0.4) is 0 Å². The summed E-state index contributed by atoms with van der Waals surface area (Å²) in [7, 11) is -4.13. The highest BCUT2D eigenvalue weighted by atomic mass is 32.2. The molecule has 3 rings (SSSR count). The second kappa shape index (κ2) is 10.2. The number of nitrogens with zero attached hydrogens (tertiary/aromatic N) is 1. The first-order valence-electron chi connectivity index (χ1n) is 10.0. The smallest absolute Gasteiger partial charge is 0.264 e. The average molecular weight is 441 g/mol. The van der Waals surface area contributed by atoms with Crippen LogP contribution in [0.15, 0.2) is 83.8 Å². The summed E-state index contributed by atoms with van der Waals surface area (Å²) >= 11 is 0. The number of hydrogen-bond acceptors (Lipinski definition) is 3. The number of benzene rings is 3. The Morgan fingerprint density at radius 2 is 1.58 bits per heavy atom. The number of hydrogen-bond donors (Lipinski definition) is 1. The van der Waals surface area contributed by atoms with Gasteiger partial charge in [0.25, 0.3) is 10.0 Å². The van der Waals surface area contributed by atoms with Crippen LogP contribution in [-0.4, -0.2) is 27.4 Å². The number of carbonyl (C=O) groups is 1. The summed E-state index contributed by atoms with van der Waals surface area (Å²) in [6.07, 6.45) is 1.50. The van der Waals surface area contributed by atoms with Crippen LogP contribution in [0.25, 0.3) is 0 Å². The highest BCUT2D eigenvalue weighted by molar-refractivity contribution is 7.92. The summed E-state index contributed by atoms with van der Waals surface area (Å²) in [6, 6.07) is 21.6. The van der Waals surface area contributed by atoms with Crippen LogP contribution in [0.5, 0.6) is 0 Å². The lowest BCUT2D eigenvalue weighted by Gasteiger charge is -2.24. The summed E-state index contributed by atoms with van der Waals surface area (Å²) in [5.74, 6) is -1.21. The van der Waals surface area contributed by atoms with Gasteiger partial charge in [0.1, 0.15) is 12.4 Å². The molecule has 0 fully saturated rings. The van der Waals surface area contributed by atoms with Gasteiger partial charge in [0.2, 0.25) is 5.91 Å². The quantitative estimate of drug-likeness (QED) is 0.510. The van der Waals surface area contributed by atoms with E-state index in [-0.39, 0.29) is 10.6 Å². The van der Waals surface area contributed by atoms with E-state index in [1.807, 2.05) is 37.3 Å². The van der Waals surface area contributed by atoms with Gasteiger partial charge in [-0.1, -0.05) is 60.2 Å². The maximum Gasteiger partial charge on any atom is 0.264 e. The van der Waals surface area contributed by atoms with E-state index in [4.69, 9.17) is 0 Å². The molecule has 0 saturated carbocycles. The molecule has 0 heterocycles. The third-order valence-corrected chi connectivity index (χ3v) is 6.60. The molecule has 5 nitrogen and oxygen atoms in total. The first kappa shape index (κ1) is 22.5. The minimum atomic E-state index is -4.13. The number of sulfonamides is 1. The third-order valence-electron chi connectivity index (χ3n) is 4.82. The molecular formula is C24H25FN2O3S. The molecule has 1 amide bonds. The Balaban J connectivity index is 1.73. The fourth-order valence-electron chi connectivity index (χ4n) is 3.14. The standard InChI is InChI=1S/C24H25FN2O3S/c1-19-13-15-21(16-14-19)31(29,30)27(23-12-6-5-11-22(23)25)18-24(28)26-17-7-10-20-8-3-2-4-9-20/h2-6,8-9,11-16H,7,10,17-18H2,1H3,(H,26,28). The van der Waals surface area contributed by atoms with Gasteiger partial charge in [-0.15, -0.1) is 0 Å². The van der Waals surface area contributed by atoms with Gasteiger partial charge in [0, 0.05) is 6.54 Å². The maximum atomic E-state index is 14.5. The molecule has 0 aliphatic heterocycles. The topological polar surface area (TPSA) is 66.5 Å². The Kier molecular flexibility index (Phi) is 7.41. The van der Waals surface area contributed by atoms with Crippen LogP contribution in [-0.2, 0) is 21.2 Å². The largest absolute Gasteiger partial charge is 0.355 e. The fraction of sp³-hybridized carbons (Fsp3) is 0.208. The normalized spacial score (nSPS) is 11.2. The summed E-state index contributed by atoms with van der Waals surface area (Å²) < 4.78 is 41.7. The van der Waals surface area contributed by atoms with Gasteiger partial charge >= 0.3 is 0 Å². The van der Waals surface area contributed by atoms with Gasteiger partial charge in [0.05, 0.1) is 10.6 Å². The molecule has 7 heteroatoms. The molecule has 1 N–H and O–H groups in total. The Hall–Kier alpha value is -3.19. The number of aryl methyl sites for hydroxylation is 2. The highest BCUT2D eigenvalue weighted by Gasteiger charge is 2.28. The van der Waals surface area contributed by atoms with Crippen molar-refractivity contribution >= 4 is 21.6 Å². The molecule has 31 heavy (non-hydrogen) atoms. The molecule has 3 aromatic carbocycles. The molecule has 162 valence electrons. The summed E-state index contributed by atoms with van der Waals surface area (Å²) in [5.41, 5.74) is 1.89. The van der Waals surface area contributed by atoms with Crippen molar-refractivity contribution in [1.29, 1.82) is 0 Å². The lowest BCUT2D eigenvalue weighted by atomic mass is 10.1. The molecule has 0 atom stereocenters. The summed E-state index contributed by atoms with van der Waals surface area (Å²) in [4.78, 5) is 12.5. The zero-order valence-electron chi connectivity index (χ0n) is 17.3. The number of carbonyl (C=O) groups excluding carboxylic acids is 1. The van der Waals surface area contributed by atoms with Crippen molar-refractivity contribution in [2.24, 2.45) is 0 Å². The van der Waals surface area contributed by atoms with Gasteiger partial charge in [-0.25, -0.2) is 12.8 Å². The SMILES string of the molecule is Cc1ccc(S(=O)(=O)N(CC(=O)NCCCc2ccccc2)c2ccccc2F)cc1. The molecule has 0 aromatic heterocycles. The molecule has 0 aliphatic rings. The Morgan fingerprint density at radius 1 is 0.935 bits per heavy atom. The molecular weight excluding hydrogens is 415 g/mol. The fourth-order valence-corrected chi connectivity index (χ4v) is 4.57. The first-order valence-corrected chi connectivity index (χ1v) is 11.5. The van der Waals surface area contributed by atoms with E-state index in [9.17, 15) is 17.6 Å². The van der Waals surface area contributed by atoms with Crippen molar-refractivity contribution < 1.29 is 17.6 Å². The lowest BCUT2D eigenvalue weighted by Crippen LogP contribution is -2.41. The zero-order valence-corrected chi connectivity index (χ0v) is 18.1. The third kappa shape index (κ3) is 5.92. The van der Waals surface area contributed by atoms with Crippen molar-refractivity contribution in [3.63, 3.8) is 0 Å². The van der Waals surface area contributed by atoms with E-state index < -0.39 is 28.3 Å². The van der Waals surface area contributed by atoms with Crippen LogP contribution < -0.4 is 9.62 Å². The van der Waals surface area contributed by atoms with Crippen molar-refractivity contribution in [3.05, 3.63) is 95.8 Å². The van der Waals surface area contributed by atoms with E-state index in [1.54, 1.807) is 12.1 Å². The monoisotopic (exact) mass is 440 g/mol. The molecule has 3 aromatic rings. The number of halogens is 1. The van der Waals surface area contributed by atoms with Crippen molar-refractivity contribution in [3.8, 4) is 0 Å². The molecule has 0 aliphatic carbocycles. The van der Waals surface area contributed by atoms with E-state index in [1.165, 1.54) is 36.4 Å². The maximum absolute atomic E-state index is 14.5. The van der Waals surface area contributed by atoms with E-state index in [0.717, 1.165) is 21.9 Å². The van der Waals surface area contributed by atoms with Crippen LogP contribution in [0.1, 0.15) is 17.5 Å². The van der Waals surface area contributed by atoms with Crippen LogP contribution in [0.4, 0.5) is 10.1 Å².